The van der Waals surface area contributed by atoms with E-state index in [0.717, 1.165) is 12.1 Å². The van der Waals surface area contributed by atoms with Gasteiger partial charge in [0, 0.05) is 22.6 Å². The van der Waals surface area contributed by atoms with Gasteiger partial charge in [0.15, 0.2) is 0 Å². The van der Waals surface area contributed by atoms with Crippen LogP contribution in [-0.4, -0.2) is 10.6 Å². The first-order chi connectivity index (χ1) is 7.82. The predicted octanol–water partition coefficient (Wildman–Crippen LogP) is 4.15. The van der Waals surface area contributed by atoms with Crippen LogP contribution in [0, 0.1) is 17.6 Å². The summed E-state index contributed by atoms with van der Waals surface area (Å²) in [5, 5.41) is 0.00325. The van der Waals surface area contributed by atoms with E-state index in [0.29, 0.717) is 0 Å². The molecule has 0 saturated heterocycles. The highest BCUT2D eigenvalue weighted by Crippen LogP contribution is 2.25. The molecule has 0 aliphatic carbocycles. The number of benzene rings is 1. The number of carbonyl (C=O) groups is 1. The van der Waals surface area contributed by atoms with E-state index in [1.54, 1.807) is 13.8 Å². The highest BCUT2D eigenvalue weighted by atomic mass is 79.9. The second kappa shape index (κ2) is 5.91. The van der Waals surface area contributed by atoms with Crippen molar-refractivity contribution in [2.75, 3.05) is 0 Å². The predicted molar refractivity (Wildman–Crippen MR) is 67.6 cm³/mol. The average Bonchev–Trinajstić information content (AvgIpc) is 2.21. The number of carbonyl (C=O) groups excluding carboxylic acids is 1. The third-order valence-electron chi connectivity index (χ3n) is 2.37. The summed E-state index contributed by atoms with van der Waals surface area (Å²) >= 11 is 8.95. The van der Waals surface area contributed by atoms with E-state index in [4.69, 9.17) is 11.6 Å². The van der Waals surface area contributed by atoms with Crippen LogP contribution in [0.25, 0.3) is 0 Å². The summed E-state index contributed by atoms with van der Waals surface area (Å²) in [4.78, 5) is 11.1. The Balaban J connectivity index is 2.92. The Bertz CT molecular complexity index is 412. The van der Waals surface area contributed by atoms with Gasteiger partial charge in [-0.2, -0.15) is 0 Å². The lowest BCUT2D eigenvalue weighted by Crippen LogP contribution is -2.22. The second-order valence-corrected chi connectivity index (χ2v) is 5.59. The van der Waals surface area contributed by atoms with Crippen LogP contribution < -0.4 is 0 Å². The number of hydrogen-bond acceptors (Lipinski definition) is 1. The maximum absolute atomic E-state index is 13.5. The molecule has 0 aromatic heterocycles. The first-order valence-corrected chi connectivity index (χ1v) is 6.43. The number of hydrogen-bond donors (Lipinski definition) is 0. The van der Waals surface area contributed by atoms with Crippen molar-refractivity contribution in [1.82, 2.24) is 0 Å². The zero-order chi connectivity index (χ0) is 13.2. The van der Waals surface area contributed by atoms with Crippen molar-refractivity contribution in [2.24, 2.45) is 5.92 Å². The monoisotopic (exact) mass is 324 g/mol. The van der Waals surface area contributed by atoms with Crippen LogP contribution in [0.2, 0.25) is 5.02 Å². The summed E-state index contributed by atoms with van der Waals surface area (Å²) in [6.45, 7) is 3.53. The third kappa shape index (κ3) is 3.75. The third-order valence-corrected chi connectivity index (χ3v) is 3.48. The minimum Gasteiger partial charge on any atom is -0.298 e. The van der Waals surface area contributed by atoms with Gasteiger partial charge < -0.3 is 0 Å². The molecule has 94 valence electrons. The first kappa shape index (κ1) is 14.6. The summed E-state index contributed by atoms with van der Waals surface area (Å²) in [6.07, 6.45) is 0.113. The van der Waals surface area contributed by atoms with Crippen LogP contribution in [0.15, 0.2) is 12.1 Å². The number of rotatable bonds is 4. The van der Waals surface area contributed by atoms with E-state index < -0.39 is 16.5 Å². The van der Waals surface area contributed by atoms with Gasteiger partial charge in [-0.3, -0.25) is 4.79 Å². The zero-order valence-corrected chi connectivity index (χ0v) is 11.8. The van der Waals surface area contributed by atoms with Crippen molar-refractivity contribution in [3.05, 3.63) is 34.4 Å². The maximum atomic E-state index is 13.5. The minimum atomic E-state index is -0.726. The van der Waals surface area contributed by atoms with Crippen LogP contribution in [-0.2, 0) is 11.2 Å². The van der Waals surface area contributed by atoms with Crippen LogP contribution in [0.5, 0.6) is 0 Å². The van der Waals surface area contributed by atoms with E-state index in [-0.39, 0.29) is 28.7 Å². The van der Waals surface area contributed by atoms with E-state index in [9.17, 15) is 13.6 Å². The topological polar surface area (TPSA) is 17.1 Å². The van der Waals surface area contributed by atoms with Crippen molar-refractivity contribution >= 4 is 33.3 Å². The summed E-state index contributed by atoms with van der Waals surface area (Å²) in [7, 11) is 0. The average molecular weight is 326 g/mol. The molecule has 0 amide bonds. The van der Waals surface area contributed by atoms with Gasteiger partial charge in [0.1, 0.15) is 17.4 Å². The lowest BCUT2D eigenvalue weighted by molar-refractivity contribution is -0.121. The molecule has 1 aromatic rings. The Hall–Kier alpha value is -0.480. The molecule has 17 heavy (non-hydrogen) atoms. The highest BCUT2D eigenvalue weighted by molar-refractivity contribution is 9.10. The Morgan fingerprint density at radius 3 is 2.47 bits per heavy atom. The van der Waals surface area contributed by atoms with E-state index in [2.05, 4.69) is 15.9 Å². The Kier molecular flexibility index (Phi) is 5.07. The molecule has 0 heterocycles. The van der Waals surface area contributed by atoms with Crippen LogP contribution in [0.3, 0.4) is 0 Å². The molecular formula is C12H12BrClF2O. The molecule has 0 saturated carbocycles. The molecule has 0 spiro atoms. The molecule has 1 nitrogen and oxygen atoms in total. The van der Waals surface area contributed by atoms with Gasteiger partial charge in [0.05, 0.1) is 4.83 Å². The first-order valence-electron chi connectivity index (χ1n) is 5.14. The molecule has 1 unspecified atom stereocenters. The molecule has 0 radical (unpaired) electrons. The highest BCUT2D eigenvalue weighted by Gasteiger charge is 2.21. The van der Waals surface area contributed by atoms with Gasteiger partial charge in [0.2, 0.25) is 0 Å². The summed E-state index contributed by atoms with van der Waals surface area (Å²) in [6, 6.07) is 1.81. The van der Waals surface area contributed by atoms with Gasteiger partial charge in [0.25, 0.3) is 0 Å². The number of ketones is 1. The molecule has 0 fully saturated rings. The van der Waals surface area contributed by atoms with Gasteiger partial charge >= 0.3 is 0 Å². The fourth-order valence-corrected chi connectivity index (χ4v) is 2.53. The zero-order valence-electron chi connectivity index (χ0n) is 9.44. The Labute approximate surface area is 112 Å². The number of alkyl halides is 1. The smallest absolute Gasteiger partial charge is 0.149 e. The summed E-state index contributed by atoms with van der Waals surface area (Å²) in [5.74, 6) is -1.64. The van der Waals surface area contributed by atoms with Crippen molar-refractivity contribution in [3.8, 4) is 0 Å². The minimum absolute atomic E-state index is 0.00325. The van der Waals surface area contributed by atoms with E-state index >= 15 is 0 Å². The van der Waals surface area contributed by atoms with Crippen molar-refractivity contribution in [1.29, 1.82) is 0 Å². The maximum Gasteiger partial charge on any atom is 0.149 e. The second-order valence-electron chi connectivity index (χ2n) is 4.08. The van der Waals surface area contributed by atoms with Gasteiger partial charge in [-0.05, 0) is 12.5 Å². The lowest BCUT2D eigenvalue weighted by atomic mass is 10.0. The fourth-order valence-electron chi connectivity index (χ4n) is 1.41. The molecule has 1 aromatic carbocycles. The van der Waals surface area contributed by atoms with Crippen LogP contribution >= 0.6 is 27.5 Å². The van der Waals surface area contributed by atoms with E-state index in [1.807, 2.05) is 0 Å². The normalized spacial score (nSPS) is 12.9. The molecule has 0 aliphatic heterocycles. The summed E-state index contributed by atoms with van der Waals surface area (Å²) in [5.41, 5.74) is 0.156. The quantitative estimate of drug-likeness (QED) is 0.760. The van der Waals surface area contributed by atoms with Gasteiger partial charge in [-0.1, -0.05) is 41.4 Å². The molecule has 1 rings (SSSR count). The SMILES string of the molecule is CC(C)C(=O)C(Br)Cc1c(F)cc(F)cc1Cl. The van der Waals surface area contributed by atoms with Crippen LogP contribution in [0.1, 0.15) is 19.4 Å². The molecule has 0 bridgehead atoms. The standard InChI is InChI=1S/C12H12BrClF2O/c1-6(2)12(17)9(13)5-8-10(14)3-7(15)4-11(8)16/h3-4,6,9H,5H2,1-2H3. The van der Waals surface area contributed by atoms with E-state index in [1.165, 1.54) is 0 Å². The molecule has 1 atom stereocenters. The molecular weight excluding hydrogens is 313 g/mol. The van der Waals surface area contributed by atoms with Gasteiger partial charge in [-0.25, -0.2) is 8.78 Å². The summed E-state index contributed by atoms with van der Waals surface area (Å²) < 4.78 is 26.3. The van der Waals surface area contributed by atoms with Crippen LogP contribution in [0.4, 0.5) is 8.78 Å². The van der Waals surface area contributed by atoms with Crippen molar-refractivity contribution < 1.29 is 13.6 Å². The molecule has 5 heteroatoms. The molecule has 0 aliphatic rings. The number of Topliss-reactive ketones (excluding diaryl/α,β-unsaturated/α-hetero) is 1. The lowest BCUT2D eigenvalue weighted by Gasteiger charge is -2.13. The van der Waals surface area contributed by atoms with Crippen molar-refractivity contribution in [2.45, 2.75) is 25.1 Å². The molecule has 0 N–H and O–H groups in total. The largest absolute Gasteiger partial charge is 0.298 e. The van der Waals surface area contributed by atoms with Crippen molar-refractivity contribution in [3.63, 3.8) is 0 Å². The number of halogens is 4. The van der Waals surface area contributed by atoms with Gasteiger partial charge in [-0.15, -0.1) is 0 Å². The fraction of sp³-hybridized carbons (Fsp3) is 0.417. The Morgan fingerprint density at radius 2 is 2.00 bits per heavy atom. The Morgan fingerprint density at radius 1 is 1.41 bits per heavy atom.